The molecule has 0 unspecified atom stereocenters. The minimum absolute atomic E-state index is 0.179. The molecule has 3 aromatic rings. The molecule has 7 heteroatoms. The van der Waals surface area contributed by atoms with Gasteiger partial charge in [0.05, 0.1) is 24.5 Å². The molecule has 142 valence electrons. The molecule has 1 atom stereocenters. The first-order chi connectivity index (χ1) is 12.9. The van der Waals surface area contributed by atoms with Crippen LogP contribution in [0, 0.1) is 13.8 Å². The number of aromatic nitrogens is 3. The van der Waals surface area contributed by atoms with Crippen LogP contribution in [0.2, 0.25) is 0 Å². The fourth-order valence-electron chi connectivity index (χ4n) is 3.21. The average molecular weight is 368 g/mol. The lowest BCUT2D eigenvalue weighted by molar-refractivity contribution is 0.0902. The van der Waals surface area contributed by atoms with Crippen molar-refractivity contribution in [3.63, 3.8) is 0 Å². The zero-order valence-electron chi connectivity index (χ0n) is 16.2. The quantitative estimate of drug-likeness (QED) is 0.723. The van der Waals surface area contributed by atoms with Crippen LogP contribution in [0.3, 0.4) is 0 Å². The van der Waals surface area contributed by atoms with Crippen LogP contribution in [0.15, 0.2) is 34.9 Å². The van der Waals surface area contributed by atoms with Crippen LogP contribution in [0.1, 0.15) is 51.7 Å². The Morgan fingerprint density at radius 1 is 1.30 bits per heavy atom. The topological polar surface area (TPSA) is 82.2 Å². The van der Waals surface area contributed by atoms with Gasteiger partial charge in [0.15, 0.2) is 0 Å². The Labute approximate surface area is 158 Å². The van der Waals surface area contributed by atoms with Crippen molar-refractivity contribution in [2.45, 2.75) is 33.2 Å². The van der Waals surface area contributed by atoms with E-state index in [0.717, 1.165) is 28.3 Å². The van der Waals surface area contributed by atoms with Crippen molar-refractivity contribution in [2.75, 3.05) is 7.11 Å². The van der Waals surface area contributed by atoms with Gasteiger partial charge in [0.2, 0.25) is 5.76 Å². The predicted molar refractivity (Wildman–Crippen MR) is 101 cm³/mol. The first-order valence-electron chi connectivity index (χ1n) is 8.78. The number of methoxy groups -OCH3 is 1. The smallest absolute Gasteiger partial charge is 0.290 e. The fourth-order valence-corrected chi connectivity index (χ4v) is 3.21. The number of nitrogens with one attached hydrogen (secondary N) is 1. The number of aryl methyl sites for hydroxylation is 2. The number of rotatable bonds is 6. The van der Waals surface area contributed by atoms with Gasteiger partial charge < -0.3 is 14.6 Å². The predicted octanol–water partition coefficient (Wildman–Crippen LogP) is 3.12. The van der Waals surface area contributed by atoms with E-state index in [2.05, 4.69) is 15.6 Å². The summed E-state index contributed by atoms with van der Waals surface area (Å²) in [7, 11) is 3.52. The molecule has 0 aliphatic rings. The molecule has 0 aliphatic heterocycles. The highest BCUT2D eigenvalue weighted by atomic mass is 16.5. The Morgan fingerprint density at radius 3 is 2.59 bits per heavy atom. The highest BCUT2D eigenvalue weighted by Gasteiger charge is 2.21. The number of hydrogen-bond donors (Lipinski definition) is 1. The second-order valence-electron chi connectivity index (χ2n) is 6.61. The number of carbonyl (C=O) groups is 1. The molecular formula is C20H24N4O3. The second kappa shape index (κ2) is 7.65. The number of benzene rings is 1. The van der Waals surface area contributed by atoms with Gasteiger partial charge in [-0.1, -0.05) is 17.3 Å². The van der Waals surface area contributed by atoms with Gasteiger partial charge in [-0.25, -0.2) is 0 Å². The third-order valence-corrected chi connectivity index (χ3v) is 4.67. The van der Waals surface area contributed by atoms with E-state index >= 15 is 0 Å². The Hall–Kier alpha value is -3.09. The highest BCUT2D eigenvalue weighted by molar-refractivity contribution is 5.91. The summed E-state index contributed by atoms with van der Waals surface area (Å²) in [6.45, 7) is 5.86. The Kier molecular flexibility index (Phi) is 5.30. The Balaban J connectivity index is 1.67. The van der Waals surface area contributed by atoms with Crippen molar-refractivity contribution in [3.05, 3.63) is 64.3 Å². The summed E-state index contributed by atoms with van der Waals surface area (Å²) in [6, 6.07) is 9.20. The molecule has 1 aromatic carbocycles. The van der Waals surface area contributed by atoms with Gasteiger partial charge in [0.1, 0.15) is 5.75 Å². The second-order valence-corrected chi connectivity index (χ2v) is 6.61. The number of amides is 1. The van der Waals surface area contributed by atoms with E-state index in [0.29, 0.717) is 12.1 Å². The van der Waals surface area contributed by atoms with Crippen LogP contribution in [-0.4, -0.2) is 28.0 Å². The van der Waals surface area contributed by atoms with Crippen LogP contribution in [0.5, 0.6) is 5.75 Å². The van der Waals surface area contributed by atoms with E-state index in [9.17, 15) is 4.79 Å². The Morgan fingerprint density at radius 2 is 2.00 bits per heavy atom. The van der Waals surface area contributed by atoms with Crippen LogP contribution in [0.4, 0.5) is 0 Å². The monoisotopic (exact) mass is 368 g/mol. The van der Waals surface area contributed by atoms with E-state index in [1.165, 1.54) is 0 Å². The van der Waals surface area contributed by atoms with Crippen molar-refractivity contribution < 1.29 is 14.1 Å². The maximum absolute atomic E-state index is 12.5. The zero-order valence-corrected chi connectivity index (χ0v) is 16.2. The molecule has 3 rings (SSSR count). The third-order valence-electron chi connectivity index (χ3n) is 4.67. The summed E-state index contributed by atoms with van der Waals surface area (Å²) >= 11 is 0. The SMILES string of the molecule is COc1ccc(Cc2cc(C(=O)N[C@@H](C)c3c(C)nn(C)c3C)on2)cc1. The van der Waals surface area contributed by atoms with Gasteiger partial charge in [0.25, 0.3) is 5.91 Å². The number of hydrogen-bond acceptors (Lipinski definition) is 5. The summed E-state index contributed by atoms with van der Waals surface area (Å²) < 4.78 is 12.2. The van der Waals surface area contributed by atoms with Crippen LogP contribution < -0.4 is 10.1 Å². The van der Waals surface area contributed by atoms with Crippen LogP contribution >= 0.6 is 0 Å². The maximum atomic E-state index is 12.5. The van der Waals surface area contributed by atoms with Gasteiger partial charge in [-0.15, -0.1) is 0 Å². The maximum Gasteiger partial charge on any atom is 0.290 e. The molecule has 1 amide bonds. The number of ether oxygens (including phenoxy) is 1. The molecular weight excluding hydrogens is 344 g/mol. The average Bonchev–Trinajstić information content (AvgIpc) is 3.20. The van der Waals surface area contributed by atoms with Crippen LogP contribution in [0.25, 0.3) is 0 Å². The minimum atomic E-state index is -0.293. The Bertz CT molecular complexity index is 941. The summed E-state index contributed by atoms with van der Waals surface area (Å²) in [5.74, 6) is 0.706. The molecule has 2 aromatic heterocycles. The van der Waals surface area contributed by atoms with Crippen molar-refractivity contribution in [2.24, 2.45) is 7.05 Å². The largest absolute Gasteiger partial charge is 0.497 e. The molecule has 0 aliphatic carbocycles. The standard InChI is InChI=1S/C20H24N4O3/c1-12(19-13(2)22-24(4)14(19)3)21-20(25)18-11-16(23-27-18)10-15-6-8-17(26-5)9-7-15/h6-9,11-12H,10H2,1-5H3,(H,21,25)/t12-/m0/s1. The van der Waals surface area contributed by atoms with Gasteiger partial charge in [-0.05, 0) is 38.5 Å². The molecule has 0 saturated carbocycles. The molecule has 7 nitrogen and oxygen atoms in total. The fraction of sp³-hybridized carbons (Fsp3) is 0.350. The molecule has 0 radical (unpaired) electrons. The van der Waals surface area contributed by atoms with Gasteiger partial charge in [-0.3, -0.25) is 9.48 Å². The zero-order chi connectivity index (χ0) is 19.6. The first-order valence-corrected chi connectivity index (χ1v) is 8.78. The van der Waals surface area contributed by atoms with Crippen molar-refractivity contribution in [1.82, 2.24) is 20.3 Å². The molecule has 0 bridgehead atoms. The summed E-state index contributed by atoms with van der Waals surface area (Å²) in [4.78, 5) is 12.5. The van der Waals surface area contributed by atoms with E-state index < -0.39 is 0 Å². The minimum Gasteiger partial charge on any atom is -0.497 e. The van der Waals surface area contributed by atoms with Crippen molar-refractivity contribution >= 4 is 5.91 Å². The summed E-state index contributed by atoms with van der Waals surface area (Å²) in [6.07, 6.45) is 0.581. The summed E-state index contributed by atoms with van der Waals surface area (Å²) in [5, 5.41) is 11.4. The highest BCUT2D eigenvalue weighted by Crippen LogP contribution is 2.21. The van der Waals surface area contributed by atoms with Gasteiger partial charge in [0, 0.05) is 30.8 Å². The van der Waals surface area contributed by atoms with Crippen molar-refractivity contribution in [1.29, 1.82) is 0 Å². The molecule has 0 saturated heterocycles. The van der Waals surface area contributed by atoms with Gasteiger partial charge in [-0.2, -0.15) is 5.10 Å². The first kappa shape index (κ1) is 18.7. The van der Waals surface area contributed by atoms with E-state index in [4.69, 9.17) is 9.26 Å². The van der Waals surface area contributed by atoms with Crippen molar-refractivity contribution in [3.8, 4) is 5.75 Å². The lowest BCUT2D eigenvalue weighted by atomic mass is 10.1. The lowest BCUT2D eigenvalue weighted by Gasteiger charge is -2.13. The molecule has 2 heterocycles. The van der Waals surface area contributed by atoms with E-state index in [1.54, 1.807) is 13.2 Å². The molecule has 0 spiro atoms. The van der Waals surface area contributed by atoms with E-state index in [-0.39, 0.29) is 17.7 Å². The molecule has 27 heavy (non-hydrogen) atoms. The van der Waals surface area contributed by atoms with Crippen LogP contribution in [-0.2, 0) is 13.5 Å². The molecule has 0 fully saturated rings. The lowest BCUT2D eigenvalue weighted by Crippen LogP contribution is -2.27. The van der Waals surface area contributed by atoms with Gasteiger partial charge >= 0.3 is 0 Å². The van der Waals surface area contributed by atoms with E-state index in [1.807, 2.05) is 56.8 Å². The number of nitrogens with zero attached hydrogens (tertiary/aromatic N) is 3. The molecule has 1 N–H and O–H groups in total. The summed E-state index contributed by atoms with van der Waals surface area (Å²) in [5.41, 5.74) is 4.71. The number of carbonyl (C=O) groups excluding carboxylic acids is 1. The third kappa shape index (κ3) is 4.02. The normalized spacial score (nSPS) is 12.0.